The Morgan fingerprint density at radius 1 is 1.27 bits per heavy atom. The van der Waals surface area contributed by atoms with E-state index in [4.69, 9.17) is 16.3 Å². The van der Waals surface area contributed by atoms with Crippen LogP contribution in [0.15, 0.2) is 24.3 Å². The van der Waals surface area contributed by atoms with E-state index in [-0.39, 0.29) is 23.1 Å². The highest BCUT2D eigenvalue weighted by molar-refractivity contribution is 7.15. The standard InChI is InChI=1S/C18H16ClNO5S/c1-3-25-15-7-6-13(26-15)18(24)20-9(2)10(8-14(22)23)16-11(20)4-5-12(21)17(16)19/h4-7,21H,3,8H2,1-2H3,(H,22,23). The number of hydrogen-bond donors (Lipinski definition) is 2. The number of carboxylic acid groups (broad SMARTS) is 1. The van der Waals surface area contributed by atoms with E-state index in [9.17, 15) is 19.8 Å². The predicted molar refractivity (Wildman–Crippen MR) is 99.9 cm³/mol. The second-order valence-electron chi connectivity index (χ2n) is 5.62. The highest BCUT2D eigenvalue weighted by Crippen LogP contribution is 2.38. The van der Waals surface area contributed by atoms with Crippen molar-refractivity contribution in [3.05, 3.63) is 45.4 Å². The van der Waals surface area contributed by atoms with Gasteiger partial charge in [0.05, 0.1) is 28.4 Å². The van der Waals surface area contributed by atoms with Gasteiger partial charge in [0.2, 0.25) is 0 Å². The minimum absolute atomic E-state index is 0.0367. The maximum Gasteiger partial charge on any atom is 0.307 e. The molecule has 0 spiro atoms. The van der Waals surface area contributed by atoms with Gasteiger partial charge in [-0.3, -0.25) is 14.2 Å². The van der Waals surface area contributed by atoms with Crippen LogP contribution in [0.3, 0.4) is 0 Å². The molecule has 3 rings (SSSR count). The van der Waals surface area contributed by atoms with Gasteiger partial charge in [-0.2, -0.15) is 0 Å². The van der Waals surface area contributed by atoms with Gasteiger partial charge >= 0.3 is 5.97 Å². The molecule has 0 radical (unpaired) electrons. The molecule has 0 aliphatic heterocycles. The number of thiophene rings is 1. The molecular formula is C18H16ClNO5S. The van der Waals surface area contributed by atoms with Gasteiger partial charge in [0.25, 0.3) is 5.91 Å². The molecule has 0 saturated carbocycles. The van der Waals surface area contributed by atoms with E-state index in [1.807, 2.05) is 6.92 Å². The normalized spacial score (nSPS) is 11.0. The van der Waals surface area contributed by atoms with Crippen molar-refractivity contribution in [3.63, 3.8) is 0 Å². The topological polar surface area (TPSA) is 88.8 Å². The van der Waals surface area contributed by atoms with Crippen LogP contribution in [-0.2, 0) is 11.2 Å². The van der Waals surface area contributed by atoms with Crippen molar-refractivity contribution in [2.24, 2.45) is 0 Å². The van der Waals surface area contributed by atoms with E-state index >= 15 is 0 Å². The van der Waals surface area contributed by atoms with E-state index in [0.717, 1.165) is 0 Å². The zero-order chi connectivity index (χ0) is 19.0. The fourth-order valence-electron chi connectivity index (χ4n) is 2.92. The van der Waals surface area contributed by atoms with E-state index in [0.29, 0.717) is 38.7 Å². The van der Waals surface area contributed by atoms with Crippen molar-refractivity contribution in [1.29, 1.82) is 0 Å². The quantitative estimate of drug-likeness (QED) is 0.681. The Morgan fingerprint density at radius 3 is 2.65 bits per heavy atom. The third kappa shape index (κ3) is 3.04. The minimum Gasteiger partial charge on any atom is -0.506 e. The first-order chi connectivity index (χ1) is 12.3. The lowest BCUT2D eigenvalue weighted by Gasteiger charge is -2.06. The molecule has 6 nitrogen and oxygen atoms in total. The number of phenols is 1. The van der Waals surface area contributed by atoms with Crippen molar-refractivity contribution in [2.45, 2.75) is 20.3 Å². The van der Waals surface area contributed by atoms with Crippen LogP contribution in [0.5, 0.6) is 10.8 Å². The van der Waals surface area contributed by atoms with Crippen LogP contribution in [0.1, 0.15) is 27.9 Å². The maximum absolute atomic E-state index is 13.1. The number of nitrogens with zero attached hydrogens (tertiary/aromatic N) is 1. The van der Waals surface area contributed by atoms with E-state index in [2.05, 4.69) is 0 Å². The average Bonchev–Trinajstić information content (AvgIpc) is 3.15. The summed E-state index contributed by atoms with van der Waals surface area (Å²) >= 11 is 7.43. The number of rotatable bonds is 5. The number of phenolic OH excluding ortho intramolecular Hbond substituents is 1. The third-order valence-electron chi connectivity index (χ3n) is 4.02. The van der Waals surface area contributed by atoms with Gasteiger partial charge in [0.15, 0.2) is 5.06 Å². The first kappa shape index (κ1) is 18.3. The number of aliphatic carboxylic acids is 1. The van der Waals surface area contributed by atoms with Crippen LogP contribution in [0.2, 0.25) is 5.02 Å². The number of aromatic hydroxyl groups is 1. The summed E-state index contributed by atoms with van der Waals surface area (Å²) in [5.74, 6) is -1.51. The number of ether oxygens (including phenoxy) is 1. The lowest BCUT2D eigenvalue weighted by atomic mass is 10.1. The second kappa shape index (κ2) is 7.01. The molecule has 2 N–H and O–H groups in total. The molecule has 2 aromatic heterocycles. The molecule has 0 aliphatic carbocycles. The zero-order valence-corrected chi connectivity index (χ0v) is 15.6. The molecule has 1 aromatic carbocycles. The number of benzene rings is 1. The smallest absolute Gasteiger partial charge is 0.307 e. The Bertz CT molecular complexity index is 1020. The number of carbonyl (C=O) groups is 2. The predicted octanol–water partition coefficient (Wildman–Crippen LogP) is 4.08. The highest BCUT2D eigenvalue weighted by atomic mass is 35.5. The average molecular weight is 394 g/mol. The molecular weight excluding hydrogens is 378 g/mol. The van der Waals surface area contributed by atoms with E-state index in [1.165, 1.54) is 22.0 Å². The van der Waals surface area contributed by atoms with E-state index < -0.39 is 5.97 Å². The van der Waals surface area contributed by atoms with Crippen molar-refractivity contribution in [2.75, 3.05) is 6.61 Å². The molecule has 136 valence electrons. The van der Waals surface area contributed by atoms with Crippen LogP contribution >= 0.6 is 22.9 Å². The van der Waals surface area contributed by atoms with Crippen molar-refractivity contribution >= 4 is 45.7 Å². The van der Waals surface area contributed by atoms with Crippen LogP contribution in [-0.4, -0.2) is 33.3 Å². The minimum atomic E-state index is -1.05. The number of aromatic nitrogens is 1. The number of fused-ring (bicyclic) bond motifs is 1. The summed E-state index contributed by atoms with van der Waals surface area (Å²) < 4.78 is 6.84. The van der Waals surface area contributed by atoms with Gasteiger partial charge in [-0.05, 0) is 43.7 Å². The van der Waals surface area contributed by atoms with Crippen LogP contribution in [0.4, 0.5) is 0 Å². The van der Waals surface area contributed by atoms with Gasteiger partial charge in [0.1, 0.15) is 5.75 Å². The molecule has 0 amide bonds. The van der Waals surface area contributed by atoms with Crippen molar-refractivity contribution in [1.82, 2.24) is 4.57 Å². The first-order valence-electron chi connectivity index (χ1n) is 7.85. The summed E-state index contributed by atoms with van der Waals surface area (Å²) in [6, 6.07) is 6.34. The Labute approximate surface area is 158 Å². The van der Waals surface area contributed by atoms with Gasteiger partial charge < -0.3 is 14.9 Å². The number of hydrogen-bond acceptors (Lipinski definition) is 5. The molecule has 0 unspecified atom stereocenters. The third-order valence-corrected chi connectivity index (χ3v) is 5.39. The molecule has 0 atom stereocenters. The monoisotopic (exact) mass is 393 g/mol. The van der Waals surface area contributed by atoms with Crippen molar-refractivity contribution in [3.8, 4) is 10.8 Å². The molecule has 8 heteroatoms. The Kier molecular flexibility index (Phi) is 4.93. The fourth-order valence-corrected chi connectivity index (χ4v) is 4.04. The summed E-state index contributed by atoms with van der Waals surface area (Å²) in [4.78, 5) is 24.8. The summed E-state index contributed by atoms with van der Waals surface area (Å²) in [5, 5.41) is 20.2. The van der Waals surface area contributed by atoms with Gasteiger partial charge in [-0.1, -0.05) is 22.9 Å². The Balaban J connectivity index is 2.22. The van der Waals surface area contributed by atoms with Gasteiger partial charge in [0, 0.05) is 11.1 Å². The first-order valence-corrected chi connectivity index (χ1v) is 9.05. The number of carboxylic acids is 1. The van der Waals surface area contributed by atoms with Crippen LogP contribution < -0.4 is 4.74 Å². The summed E-state index contributed by atoms with van der Waals surface area (Å²) in [6.07, 6.45) is -0.305. The number of halogens is 1. The lowest BCUT2D eigenvalue weighted by molar-refractivity contribution is -0.136. The van der Waals surface area contributed by atoms with Crippen molar-refractivity contribution < 1.29 is 24.5 Å². The van der Waals surface area contributed by atoms with E-state index in [1.54, 1.807) is 25.1 Å². The SMILES string of the molecule is CCOc1ccc(C(=O)n2c(C)c(CC(=O)O)c3c(Cl)c(O)ccc32)s1. The molecule has 2 heterocycles. The maximum atomic E-state index is 13.1. The van der Waals surface area contributed by atoms with Crippen LogP contribution in [0.25, 0.3) is 10.9 Å². The highest BCUT2D eigenvalue weighted by Gasteiger charge is 2.25. The fraction of sp³-hybridized carbons (Fsp3) is 0.222. The summed E-state index contributed by atoms with van der Waals surface area (Å²) in [5.41, 5.74) is 1.34. The zero-order valence-electron chi connectivity index (χ0n) is 14.1. The van der Waals surface area contributed by atoms with Gasteiger partial charge in [-0.15, -0.1) is 0 Å². The summed E-state index contributed by atoms with van der Waals surface area (Å²) in [7, 11) is 0. The molecule has 0 bridgehead atoms. The Morgan fingerprint density at radius 2 is 2.00 bits per heavy atom. The van der Waals surface area contributed by atoms with Crippen LogP contribution in [0, 0.1) is 6.92 Å². The Hall–Kier alpha value is -2.51. The molecule has 3 aromatic rings. The molecule has 26 heavy (non-hydrogen) atoms. The lowest BCUT2D eigenvalue weighted by Crippen LogP contribution is -2.12. The molecule has 0 fully saturated rings. The molecule has 0 saturated heterocycles. The largest absolute Gasteiger partial charge is 0.506 e. The molecule has 0 aliphatic rings. The van der Waals surface area contributed by atoms with Gasteiger partial charge in [-0.25, -0.2) is 0 Å². The number of carbonyl (C=O) groups excluding carboxylic acids is 1. The second-order valence-corrected chi connectivity index (χ2v) is 7.04. The summed E-state index contributed by atoms with van der Waals surface area (Å²) in [6.45, 7) is 4.02.